The summed E-state index contributed by atoms with van der Waals surface area (Å²) in [5.41, 5.74) is 5.82. The molecule has 0 fully saturated rings. The molecular formula is C61H94N5O7+. The van der Waals surface area contributed by atoms with E-state index in [-0.39, 0.29) is 29.1 Å². The lowest BCUT2D eigenvalue weighted by Gasteiger charge is -2.29. The van der Waals surface area contributed by atoms with Crippen LogP contribution < -0.4 is 10.2 Å². The summed E-state index contributed by atoms with van der Waals surface area (Å²) in [6, 6.07) is 17.5. The highest BCUT2D eigenvalue weighted by atomic mass is 16.6. The van der Waals surface area contributed by atoms with Crippen molar-refractivity contribution in [1.82, 2.24) is 15.1 Å². The Kier molecular flexibility index (Phi) is 22.4. The zero-order valence-corrected chi connectivity index (χ0v) is 47.6. The number of hydrogen-bond donors (Lipinski definition) is 1. The van der Waals surface area contributed by atoms with Crippen LogP contribution in [0.3, 0.4) is 0 Å². The maximum Gasteiger partial charge on any atom is 0.410 e. The smallest absolute Gasteiger partial charge is 0.410 e. The second kappa shape index (κ2) is 27.2. The normalized spacial score (nSPS) is 15.8. The molecule has 3 amide bonds. The molecule has 12 heteroatoms. The van der Waals surface area contributed by atoms with Crippen molar-refractivity contribution in [3.63, 3.8) is 0 Å². The zero-order valence-electron chi connectivity index (χ0n) is 47.6. The Morgan fingerprint density at radius 3 is 1.77 bits per heavy atom. The molecule has 0 saturated heterocycles. The summed E-state index contributed by atoms with van der Waals surface area (Å²) in [7, 11) is 0. The first-order chi connectivity index (χ1) is 34.2. The van der Waals surface area contributed by atoms with Gasteiger partial charge in [0.15, 0.2) is 5.71 Å². The van der Waals surface area contributed by atoms with Crippen molar-refractivity contribution in [3.05, 3.63) is 95.7 Å². The molecule has 404 valence electrons. The molecule has 0 aliphatic carbocycles. The van der Waals surface area contributed by atoms with Gasteiger partial charge in [-0.1, -0.05) is 81.8 Å². The monoisotopic (exact) mass is 1010 g/mol. The van der Waals surface area contributed by atoms with Gasteiger partial charge in [0.05, 0.1) is 5.41 Å². The van der Waals surface area contributed by atoms with E-state index in [4.69, 9.17) is 14.2 Å². The van der Waals surface area contributed by atoms with Gasteiger partial charge in [-0.2, -0.15) is 4.58 Å². The van der Waals surface area contributed by atoms with Crippen LogP contribution in [0.25, 0.3) is 0 Å². The Labute approximate surface area is 440 Å². The van der Waals surface area contributed by atoms with Gasteiger partial charge in [0, 0.05) is 93.0 Å². The molecule has 0 radical (unpaired) electrons. The van der Waals surface area contributed by atoms with Crippen molar-refractivity contribution >= 4 is 41.1 Å². The Morgan fingerprint density at radius 1 is 0.616 bits per heavy atom. The van der Waals surface area contributed by atoms with Crippen LogP contribution in [-0.2, 0) is 34.6 Å². The third-order valence-corrected chi connectivity index (χ3v) is 13.2. The molecular weight excluding hydrogens is 915 g/mol. The van der Waals surface area contributed by atoms with Gasteiger partial charge in [-0.15, -0.1) is 0 Å². The van der Waals surface area contributed by atoms with Gasteiger partial charge in [0.1, 0.15) is 23.3 Å². The van der Waals surface area contributed by atoms with Crippen LogP contribution in [0.2, 0.25) is 0 Å². The topological polar surface area (TPSA) is 121 Å². The molecule has 0 atom stereocenters. The maximum absolute atomic E-state index is 13.3. The lowest BCUT2D eigenvalue weighted by Crippen LogP contribution is -2.40. The number of anilines is 1. The first-order valence-corrected chi connectivity index (χ1v) is 27.4. The summed E-state index contributed by atoms with van der Waals surface area (Å²) < 4.78 is 19.3. The van der Waals surface area contributed by atoms with Gasteiger partial charge in [0.2, 0.25) is 11.6 Å². The van der Waals surface area contributed by atoms with Gasteiger partial charge in [-0.25, -0.2) is 9.59 Å². The van der Waals surface area contributed by atoms with Crippen LogP contribution in [0.4, 0.5) is 21.0 Å². The van der Waals surface area contributed by atoms with Gasteiger partial charge in [0.25, 0.3) is 0 Å². The number of esters is 1. The fraction of sp³-hybridized carbons (Fsp3) is 0.623. The molecule has 12 nitrogen and oxygen atoms in total. The van der Waals surface area contributed by atoms with Crippen molar-refractivity contribution in [2.75, 3.05) is 50.7 Å². The van der Waals surface area contributed by atoms with Gasteiger partial charge >= 0.3 is 18.2 Å². The van der Waals surface area contributed by atoms with E-state index in [1.165, 1.54) is 33.9 Å². The first-order valence-electron chi connectivity index (χ1n) is 27.4. The van der Waals surface area contributed by atoms with Crippen LogP contribution in [0, 0.1) is 0 Å². The highest BCUT2D eigenvalue weighted by Gasteiger charge is 2.44. The first kappa shape index (κ1) is 60.2. The predicted molar refractivity (Wildman–Crippen MR) is 298 cm³/mol. The average Bonchev–Trinajstić information content (AvgIpc) is 3.64. The Bertz CT molecular complexity index is 2270. The number of carbonyl (C=O) groups excluding carboxylic acids is 4. The molecule has 2 aromatic carbocycles. The highest BCUT2D eigenvalue weighted by Crippen LogP contribution is 2.47. The van der Waals surface area contributed by atoms with E-state index >= 15 is 0 Å². The number of ether oxygens (including phenoxy) is 3. The summed E-state index contributed by atoms with van der Waals surface area (Å²) in [4.78, 5) is 57.6. The fourth-order valence-electron chi connectivity index (χ4n) is 9.57. The van der Waals surface area contributed by atoms with Crippen molar-refractivity contribution < 1.29 is 38.0 Å². The number of rotatable bonds is 26. The second-order valence-corrected chi connectivity index (χ2v) is 23.8. The highest BCUT2D eigenvalue weighted by molar-refractivity contribution is 6.03. The van der Waals surface area contributed by atoms with Crippen LogP contribution in [0.5, 0.6) is 0 Å². The number of para-hydroxylation sites is 2. The number of carbonyl (C=O) groups is 4. The lowest BCUT2D eigenvalue weighted by atomic mass is 9.81. The van der Waals surface area contributed by atoms with E-state index < -0.39 is 29.0 Å². The minimum atomic E-state index is -0.659. The molecule has 2 aliphatic rings. The van der Waals surface area contributed by atoms with E-state index in [1.807, 2.05) is 62.3 Å². The number of unbranched alkanes of at least 4 members (excludes halogenated alkanes) is 5. The summed E-state index contributed by atoms with van der Waals surface area (Å²) in [6.45, 7) is 32.2. The van der Waals surface area contributed by atoms with Gasteiger partial charge in [-0.05, 0) is 145 Å². The summed E-state index contributed by atoms with van der Waals surface area (Å²) in [5.74, 6) is -0.238. The van der Waals surface area contributed by atoms with E-state index in [1.54, 1.807) is 9.80 Å². The molecule has 73 heavy (non-hydrogen) atoms. The van der Waals surface area contributed by atoms with Gasteiger partial charge < -0.3 is 34.2 Å². The van der Waals surface area contributed by atoms with Crippen LogP contribution in [0.1, 0.15) is 185 Å². The number of benzene rings is 2. The van der Waals surface area contributed by atoms with Crippen molar-refractivity contribution in [3.8, 4) is 0 Å². The molecule has 0 aromatic heterocycles. The van der Waals surface area contributed by atoms with E-state index in [0.29, 0.717) is 71.2 Å². The largest absolute Gasteiger partial charge is 0.460 e. The molecule has 4 rings (SSSR count). The minimum Gasteiger partial charge on any atom is -0.460 e. The van der Waals surface area contributed by atoms with Crippen LogP contribution in [-0.4, -0.2) is 107 Å². The molecule has 0 bridgehead atoms. The third kappa shape index (κ3) is 19.1. The molecule has 2 heterocycles. The molecule has 0 unspecified atom stereocenters. The van der Waals surface area contributed by atoms with Gasteiger partial charge in [-0.3, -0.25) is 9.59 Å². The minimum absolute atomic E-state index is 0.0140. The van der Waals surface area contributed by atoms with E-state index in [2.05, 4.69) is 128 Å². The predicted octanol–water partition coefficient (Wildman–Crippen LogP) is 13.5. The number of allylic oxidation sites excluding steroid dienone is 6. The standard InChI is InChI=1S/C61H93N5O7/c1-15-16-45-65-49-34-24-22-32-47(49)60(11,12)51(65)36-19-17-20-37-52-61(13,14)48-33-23-25-35-50(48)66(52)46-27-18-21-38-53(67)62-40-31-44-64(56(70)73-59(8,9)10)43-30-29-42-63(55(69)72-58(5,6)7)41-28-26-39-54(68)71-57(2,3)4/h17,19-20,22-25,32-37H,15-16,18,21,26-31,38-46H2,1-14H3/p+1. The van der Waals surface area contributed by atoms with Crippen molar-refractivity contribution in [2.24, 2.45) is 0 Å². The van der Waals surface area contributed by atoms with E-state index in [0.717, 1.165) is 45.2 Å². The number of fused-ring (bicyclic) bond motifs is 2. The Morgan fingerprint density at radius 2 is 1.16 bits per heavy atom. The Balaban J connectivity index is 1.27. The summed E-state index contributed by atoms with van der Waals surface area (Å²) >= 11 is 0. The van der Waals surface area contributed by atoms with Crippen molar-refractivity contribution in [2.45, 2.75) is 202 Å². The third-order valence-electron chi connectivity index (χ3n) is 13.2. The summed E-state index contributed by atoms with van der Waals surface area (Å²) in [5, 5.41) is 3.07. The zero-order chi connectivity index (χ0) is 54.0. The number of nitrogens with one attached hydrogen (secondary N) is 1. The number of amides is 3. The Hall–Kier alpha value is -5.39. The van der Waals surface area contributed by atoms with Crippen LogP contribution >= 0.6 is 0 Å². The average molecular weight is 1010 g/mol. The summed E-state index contributed by atoms with van der Waals surface area (Å²) in [6.07, 6.45) is 19.1. The molecule has 2 aliphatic heterocycles. The van der Waals surface area contributed by atoms with E-state index in [9.17, 15) is 19.2 Å². The quantitative estimate of drug-likeness (QED) is 0.0325. The number of hydrogen-bond acceptors (Lipinski definition) is 8. The van der Waals surface area contributed by atoms with Crippen LogP contribution in [0.15, 0.2) is 84.6 Å². The second-order valence-electron chi connectivity index (χ2n) is 23.8. The molecule has 2 aromatic rings. The number of nitrogens with zero attached hydrogens (tertiary/aromatic N) is 4. The SMILES string of the molecule is CCCCN1/C(=C/C=C/C=C/C2=[N+](CCCCCC(=O)NCCCN(CCCCN(CCCCC(=O)OC(C)(C)C)C(=O)OC(C)(C)C)C(=O)OC(C)(C)C)c3ccccc3C2(C)C)C(C)(C)c2ccccc21. The maximum atomic E-state index is 13.3. The molecule has 0 spiro atoms. The fourth-order valence-corrected chi connectivity index (χ4v) is 9.57. The lowest BCUT2D eigenvalue weighted by molar-refractivity contribution is -0.438. The van der Waals surface area contributed by atoms with Crippen molar-refractivity contribution in [1.29, 1.82) is 0 Å². The molecule has 0 saturated carbocycles. The molecule has 1 N–H and O–H groups in total.